The first-order valence-electron chi connectivity index (χ1n) is 9.87. The Hall–Kier alpha value is -2.69. The van der Waals surface area contributed by atoms with Crippen LogP contribution in [-0.4, -0.2) is 15.2 Å². The summed E-state index contributed by atoms with van der Waals surface area (Å²) in [7, 11) is 0. The van der Waals surface area contributed by atoms with Gasteiger partial charge in [-0.1, -0.05) is 66.0 Å². The summed E-state index contributed by atoms with van der Waals surface area (Å²) in [6.45, 7) is 0. The molecule has 2 aromatic carbocycles. The third-order valence-corrected chi connectivity index (χ3v) is 6.20. The van der Waals surface area contributed by atoms with E-state index >= 15 is 0 Å². The Balaban J connectivity index is 1.84. The van der Waals surface area contributed by atoms with E-state index in [2.05, 4.69) is 27.3 Å². The summed E-state index contributed by atoms with van der Waals surface area (Å²) in [6.07, 6.45) is 4.92. The number of benzene rings is 2. The lowest BCUT2D eigenvalue weighted by Gasteiger charge is -2.31. The molecule has 1 aliphatic rings. The van der Waals surface area contributed by atoms with Crippen LogP contribution in [0.5, 0.6) is 0 Å². The number of pyridine rings is 1. The first-order chi connectivity index (χ1) is 14.6. The van der Waals surface area contributed by atoms with Gasteiger partial charge in [0.1, 0.15) is 0 Å². The van der Waals surface area contributed by atoms with Crippen LogP contribution >= 0.6 is 23.2 Å². The lowest BCUT2D eigenvalue weighted by Crippen LogP contribution is -2.16. The largest absolute Gasteiger partial charge is 0.253 e. The molecule has 0 saturated heterocycles. The average molecular weight is 438 g/mol. The van der Waals surface area contributed by atoms with Crippen molar-refractivity contribution in [2.75, 3.05) is 0 Å². The van der Waals surface area contributed by atoms with Gasteiger partial charge in [-0.2, -0.15) is 9.49 Å². The van der Waals surface area contributed by atoms with Crippen molar-refractivity contribution >= 4 is 45.3 Å². The standard InChI is InChI=1S/C24H18Cl2FN3/c25-17-12-19(26)23(28-13-17)22(15-7-4-8-15)21(14-5-2-1-3-6-14)16-9-10-20-18(11-16)24(27)30-29-20/h1-3,5-6,9-13,15H,4,7-8H2,(H,29,30)/b22-21+. The highest BCUT2D eigenvalue weighted by molar-refractivity contribution is 6.35. The SMILES string of the molecule is Fc1[nH]nc2ccc(/C(=C(/c3ncc(Cl)cc3Cl)C3CCC3)c3ccccc3)cc12. The number of fused-ring (bicyclic) bond motifs is 1. The van der Waals surface area contributed by atoms with Crippen LogP contribution in [0, 0.1) is 11.9 Å². The number of H-pyrrole nitrogens is 1. The quantitative estimate of drug-likeness (QED) is 0.367. The van der Waals surface area contributed by atoms with Gasteiger partial charge >= 0.3 is 0 Å². The van der Waals surface area contributed by atoms with Gasteiger partial charge in [0, 0.05) is 6.20 Å². The first-order valence-corrected chi connectivity index (χ1v) is 10.6. The zero-order chi connectivity index (χ0) is 20.7. The summed E-state index contributed by atoms with van der Waals surface area (Å²) in [5.41, 5.74) is 5.37. The molecule has 0 radical (unpaired) electrons. The van der Waals surface area contributed by atoms with Crippen LogP contribution < -0.4 is 0 Å². The summed E-state index contributed by atoms with van der Waals surface area (Å²) in [5, 5.41) is 7.92. The molecule has 5 rings (SSSR count). The van der Waals surface area contributed by atoms with Crippen LogP contribution in [-0.2, 0) is 0 Å². The molecule has 2 heterocycles. The predicted octanol–water partition coefficient (Wildman–Crippen LogP) is 7.16. The molecular formula is C24H18Cl2FN3. The average Bonchev–Trinajstić information content (AvgIpc) is 3.08. The number of nitrogens with one attached hydrogen (secondary N) is 1. The van der Waals surface area contributed by atoms with E-state index in [9.17, 15) is 4.39 Å². The maximum absolute atomic E-state index is 14.3. The molecule has 30 heavy (non-hydrogen) atoms. The Morgan fingerprint density at radius 3 is 2.50 bits per heavy atom. The minimum atomic E-state index is -0.438. The fraction of sp³-hybridized carbons (Fsp3) is 0.167. The smallest absolute Gasteiger partial charge is 0.216 e. The van der Waals surface area contributed by atoms with E-state index in [1.165, 1.54) is 0 Å². The monoisotopic (exact) mass is 437 g/mol. The third-order valence-electron chi connectivity index (χ3n) is 5.70. The van der Waals surface area contributed by atoms with Crippen molar-refractivity contribution in [2.45, 2.75) is 19.3 Å². The zero-order valence-corrected chi connectivity index (χ0v) is 17.5. The molecule has 1 aliphatic carbocycles. The lowest BCUT2D eigenvalue weighted by atomic mass is 9.74. The molecule has 0 amide bonds. The molecule has 0 spiro atoms. The number of hydrogen-bond donors (Lipinski definition) is 1. The maximum Gasteiger partial charge on any atom is 0.216 e. The van der Waals surface area contributed by atoms with Gasteiger partial charge in [0.15, 0.2) is 0 Å². The van der Waals surface area contributed by atoms with Gasteiger partial charge in [0.25, 0.3) is 0 Å². The van der Waals surface area contributed by atoms with Crippen LogP contribution in [0.2, 0.25) is 10.0 Å². The summed E-state index contributed by atoms with van der Waals surface area (Å²) in [6, 6.07) is 17.5. The Labute approximate surface area is 183 Å². The number of nitrogens with zero attached hydrogens (tertiary/aromatic N) is 2. The van der Waals surface area contributed by atoms with Crippen molar-refractivity contribution in [1.82, 2.24) is 15.2 Å². The third kappa shape index (κ3) is 3.40. The minimum absolute atomic E-state index is 0.330. The molecule has 6 heteroatoms. The fourth-order valence-corrected chi connectivity index (χ4v) is 4.52. The van der Waals surface area contributed by atoms with Gasteiger partial charge in [-0.3, -0.25) is 10.1 Å². The summed E-state index contributed by atoms with van der Waals surface area (Å²) < 4.78 is 14.3. The number of aromatic nitrogens is 3. The second kappa shape index (κ2) is 7.86. The van der Waals surface area contributed by atoms with Gasteiger partial charge in [-0.25, -0.2) is 0 Å². The Kier molecular flexibility index (Phi) is 5.05. The van der Waals surface area contributed by atoms with Crippen molar-refractivity contribution in [1.29, 1.82) is 0 Å². The molecule has 0 bridgehead atoms. The molecule has 0 unspecified atom stereocenters. The summed E-state index contributed by atoms with van der Waals surface area (Å²) in [5.74, 6) is -0.108. The topological polar surface area (TPSA) is 41.6 Å². The maximum atomic E-state index is 14.3. The van der Waals surface area contributed by atoms with E-state index in [0.29, 0.717) is 26.9 Å². The number of rotatable bonds is 4. The van der Waals surface area contributed by atoms with E-state index in [-0.39, 0.29) is 0 Å². The molecule has 1 fully saturated rings. The summed E-state index contributed by atoms with van der Waals surface area (Å²) >= 11 is 12.7. The predicted molar refractivity (Wildman–Crippen MR) is 120 cm³/mol. The Bertz CT molecular complexity index is 1260. The van der Waals surface area contributed by atoms with Crippen molar-refractivity contribution in [3.8, 4) is 0 Å². The number of halogens is 3. The van der Waals surface area contributed by atoms with Crippen molar-refractivity contribution in [3.05, 3.63) is 93.6 Å². The normalized spacial score (nSPS) is 15.2. The summed E-state index contributed by atoms with van der Waals surface area (Å²) in [4.78, 5) is 4.61. The van der Waals surface area contributed by atoms with Crippen LogP contribution in [0.4, 0.5) is 4.39 Å². The van der Waals surface area contributed by atoms with Crippen molar-refractivity contribution in [3.63, 3.8) is 0 Å². The molecular weight excluding hydrogens is 420 g/mol. The number of allylic oxidation sites excluding steroid dienone is 1. The highest BCUT2D eigenvalue weighted by Gasteiger charge is 2.29. The van der Waals surface area contributed by atoms with E-state index in [4.69, 9.17) is 23.2 Å². The van der Waals surface area contributed by atoms with E-state index in [1.54, 1.807) is 12.3 Å². The zero-order valence-electron chi connectivity index (χ0n) is 16.0. The van der Waals surface area contributed by atoms with Crippen LogP contribution in [0.3, 0.4) is 0 Å². The van der Waals surface area contributed by atoms with E-state index in [0.717, 1.165) is 47.2 Å². The second-order valence-corrected chi connectivity index (χ2v) is 8.38. The highest BCUT2D eigenvalue weighted by Crippen LogP contribution is 2.46. The molecule has 1 N–H and O–H groups in total. The van der Waals surface area contributed by atoms with Crippen LogP contribution in [0.15, 0.2) is 60.8 Å². The molecule has 0 atom stereocenters. The molecule has 0 aliphatic heterocycles. The van der Waals surface area contributed by atoms with Crippen molar-refractivity contribution < 1.29 is 4.39 Å². The van der Waals surface area contributed by atoms with Gasteiger partial charge in [-0.05, 0) is 59.2 Å². The number of hydrogen-bond acceptors (Lipinski definition) is 2. The van der Waals surface area contributed by atoms with E-state index < -0.39 is 5.95 Å². The number of aromatic amines is 1. The van der Waals surface area contributed by atoms with Crippen LogP contribution in [0.1, 0.15) is 36.1 Å². The molecule has 2 aromatic heterocycles. The second-order valence-electron chi connectivity index (χ2n) is 7.54. The van der Waals surface area contributed by atoms with Crippen molar-refractivity contribution in [2.24, 2.45) is 5.92 Å². The molecule has 4 aromatic rings. The molecule has 3 nitrogen and oxygen atoms in total. The lowest BCUT2D eigenvalue weighted by molar-refractivity contribution is 0.400. The molecule has 150 valence electrons. The Morgan fingerprint density at radius 2 is 1.80 bits per heavy atom. The first kappa shape index (κ1) is 19.3. The highest BCUT2D eigenvalue weighted by atomic mass is 35.5. The Morgan fingerprint density at radius 1 is 1.00 bits per heavy atom. The minimum Gasteiger partial charge on any atom is -0.253 e. The van der Waals surface area contributed by atoms with Gasteiger partial charge in [-0.15, -0.1) is 0 Å². The van der Waals surface area contributed by atoms with Gasteiger partial charge < -0.3 is 0 Å². The fourth-order valence-electron chi connectivity index (χ4n) is 4.04. The van der Waals surface area contributed by atoms with Gasteiger partial charge in [0.05, 0.1) is 26.6 Å². The van der Waals surface area contributed by atoms with E-state index in [1.807, 2.05) is 36.4 Å². The van der Waals surface area contributed by atoms with Crippen LogP contribution in [0.25, 0.3) is 22.0 Å². The van der Waals surface area contributed by atoms with Gasteiger partial charge in [0.2, 0.25) is 5.95 Å². The molecule has 1 saturated carbocycles.